The Bertz CT molecular complexity index is 200. The van der Waals surface area contributed by atoms with E-state index >= 15 is 0 Å². The number of nitrogens with zero attached hydrogens (tertiary/aromatic N) is 1. The summed E-state index contributed by atoms with van der Waals surface area (Å²) in [5, 5.41) is 0.321. The van der Waals surface area contributed by atoms with Crippen LogP contribution in [-0.4, -0.2) is 9.17 Å². The summed E-state index contributed by atoms with van der Waals surface area (Å²) in [5.74, 6) is 0. The molecule has 0 saturated carbocycles. The topological polar surface area (TPSA) is 29.3 Å². The van der Waals surface area contributed by atoms with Gasteiger partial charge in [-0.2, -0.15) is 0 Å². The van der Waals surface area contributed by atoms with Crippen molar-refractivity contribution in [3.05, 3.63) is 21.9 Å². The van der Waals surface area contributed by atoms with Crippen LogP contribution in [0.15, 0.2) is 21.9 Å². The normalized spacial score (nSPS) is 14.4. The Balaban J connectivity index is 4.50. The molecule has 0 fully saturated rings. The summed E-state index contributed by atoms with van der Waals surface area (Å²) in [6.45, 7) is 0. The summed E-state index contributed by atoms with van der Waals surface area (Å²) in [6, 6.07) is 0. The quantitative estimate of drug-likeness (QED) is 0.326. The Morgan fingerprint density at radius 1 is 1.45 bits per heavy atom. The summed E-state index contributed by atoms with van der Waals surface area (Å²) in [6.07, 6.45) is 1.59. The maximum atomic E-state index is 5.68. The van der Waals surface area contributed by atoms with E-state index in [1.54, 1.807) is 7.53 Å². The Hall–Kier alpha value is 1.18. The Morgan fingerprint density at radius 3 is 2.18 bits per heavy atom. The van der Waals surface area contributed by atoms with Crippen LogP contribution in [0, 0.1) is 0 Å². The Labute approximate surface area is 105 Å². The van der Waals surface area contributed by atoms with E-state index < -0.39 is 0 Å². The molecular formula is C4H3BCl2I2N2. The number of allylic oxidation sites excluding steroid dienone is 1. The number of halogens is 4. The van der Waals surface area contributed by atoms with Crippen molar-refractivity contribution in [1.82, 2.24) is 1.33 Å². The molecule has 0 bridgehead atoms. The molecule has 60 valence electrons. The highest BCUT2D eigenvalue weighted by Gasteiger charge is 2.00. The third kappa shape index (κ3) is 5.43. The molecule has 0 aromatic rings. The van der Waals surface area contributed by atoms with Crippen molar-refractivity contribution in [2.24, 2.45) is 5.73 Å². The van der Waals surface area contributed by atoms with Crippen LogP contribution in [-0.2, 0) is 0 Å². The van der Waals surface area contributed by atoms with Gasteiger partial charge in [0.15, 0.2) is 0 Å². The number of hydrogen-bond acceptors (Lipinski definition) is 2. The molecule has 11 heavy (non-hydrogen) atoms. The van der Waals surface area contributed by atoms with E-state index in [2.05, 4.69) is 0 Å². The fourth-order valence-electron chi connectivity index (χ4n) is 0.269. The van der Waals surface area contributed by atoms with Gasteiger partial charge in [-0.3, -0.25) is 1.33 Å². The van der Waals surface area contributed by atoms with E-state index in [0.717, 1.165) is 0 Å². The first-order chi connectivity index (χ1) is 4.95. The van der Waals surface area contributed by atoms with Gasteiger partial charge in [-0.15, -0.1) is 0 Å². The monoisotopic (exact) mass is 414 g/mol. The highest BCUT2D eigenvalue weighted by atomic mass is 127. The number of nitrogens with two attached hydrogens (primary N) is 1. The maximum Gasteiger partial charge on any atom is 0.133 e. The van der Waals surface area contributed by atoms with Gasteiger partial charge in [-0.25, -0.2) is 0 Å². The van der Waals surface area contributed by atoms with E-state index in [-0.39, 0.29) is 10.6 Å². The zero-order valence-electron chi connectivity index (χ0n) is 5.19. The van der Waals surface area contributed by atoms with Crippen LogP contribution in [0.25, 0.3) is 0 Å². The summed E-state index contributed by atoms with van der Waals surface area (Å²) in [7, 11) is 5.18. The molecule has 0 heterocycles. The van der Waals surface area contributed by atoms with Crippen LogP contribution in [0.5, 0.6) is 0 Å². The number of rotatable bonds is 2. The SMILES string of the molecule is [B]/C(Cl)=C(N)\C(Cl)=C/N(I)I. The zero-order valence-corrected chi connectivity index (χ0v) is 11.0. The van der Waals surface area contributed by atoms with E-state index in [0.29, 0.717) is 5.03 Å². The summed E-state index contributed by atoms with van der Waals surface area (Å²) >= 11 is 15.1. The minimum atomic E-state index is 0.000833. The van der Waals surface area contributed by atoms with E-state index in [9.17, 15) is 0 Å². The van der Waals surface area contributed by atoms with Gasteiger partial charge in [0.1, 0.15) is 7.85 Å². The van der Waals surface area contributed by atoms with Gasteiger partial charge in [-0.05, 0) is 4.93 Å². The lowest BCUT2D eigenvalue weighted by Gasteiger charge is -2.03. The van der Waals surface area contributed by atoms with Gasteiger partial charge in [0.25, 0.3) is 0 Å². The van der Waals surface area contributed by atoms with E-state index in [1.165, 1.54) is 0 Å². The maximum absolute atomic E-state index is 5.68. The standard InChI is InChI=1S/C4H3BCl2I2N2/c5-4(7)3(10)2(6)1-11(8)9/h1H,10H2/b2-1+,4-3-. The molecular weight excluding hydrogens is 412 g/mol. The van der Waals surface area contributed by atoms with Crippen LogP contribution in [0.3, 0.4) is 0 Å². The average Bonchev–Trinajstić information content (AvgIpc) is 1.84. The lowest BCUT2D eigenvalue weighted by molar-refractivity contribution is 1.17. The predicted molar refractivity (Wildman–Crippen MR) is 66.6 cm³/mol. The van der Waals surface area contributed by atoms with Crippen LogP contribution in [0.2, 0.25) is 0 Å². The molecule has 0 aliphatic heterocycles. The second kappa shape index (κ2) is 5.77. The highest BCUT2D eigenvalue weighted by molar-refractivity contribution is 14.2. The molecule has 2 N–H and O–H groups in total. The molecule has 0 aliphatic carbocycles. The highest BCUT2D eigenvalue weighted by Crippen LogP contribution is 2.19. The first kappa shape index (κ1) is 12.2. The fourth-order valence-corrected chi connectivity index (χ4v) is 1.51. The Kier molecular flexibility index (Phi) is 6.39. The number of hydrogen-bond donors (Lipinski definition) is 1. The lowest BCUT2D eigenvalue weighted by atomic mass is 10.1. The second-order valence-corrected chi connectivity index (χ2v) is 6.24. The molecule has 0 aromatic carbocycles. The van der Waals surface area contributed by atoms with Crippen molar-refractivity contribution in [3.8, 4) is 0 Å². The minimum absolute atomic E-state index is 0.000833. The summed E-state index contributed by atoms with van der Waals surface area (Å²) in [5.41, 5.74) is 5.58. The predicted octanol–water partition coefficient (Wildman–Crippen LogP) is 2.60. The fraction of sp³-hybridized carbons (Fsp3) is 0. The largest absolute Gasteiger partial charge is 0.397 e. The van der Waals surface area contributed by atoms with Crippen molar-refractivity contribution in [1.29, 1.82) is 0 Å². The van der Waals surface area contributed by atoms with Crippen LogP contribution < -0.4 is 5.73 Å². The molecule has 7 heteroatoms. The molecule has 0 rings (SSSR count). The summed E-state index contributed by atoms with van der Waals surface area (Å²) < 4.78 is 1.69. The van der Waals surface area contributed by atoms with Crippen molar-refractivity contribution >= 4 is 76.8 Å². The zero-order chi connectivity index (χ0) is 9.02. The van der Waals surface area contributed by atoms with Crippen LogP contribution >= 0.6 is 68.9 Å². The molecule has 0 saturated heterocycles. The first-order valence-electron chi connectivity index (χ1n) is 2.34. The molecule has 2 nitrogen and oxygen atoms in total. The molecule has 0 atom stereocenters. The van der Waals surface area contributed by atoms with Crippen LogP contribution in [0.4, 0.5) is 0 Å². The van der Waals surface area contributed by atoms with Gasteiger partial charge >= 0.3 is 0 Å². The molecule has 0 unspecified atom stereocenters. The van der Waals surface area contributed by atoms with Crippen molar-refractivity contribution in [2.45, 2.75) is 0 Å². The molecule has 0 amide bonds. The lowest BCUT2D eigenvalue weighted by Crippen LogP contribution is -2.01. The van der Waals surface area contributed by atoms with Gasteiger partial charge in [0, 0.05) is 6.20 Å². The van der Waals surface area contributed by atoms with Gasteiger partial charge in [0.2, 0.25) is 0 Å². The van der Waals surface area contributed by atoms with E-state index in [1.807, 2.05) is 45.7 Å². The van der Waals surface area contributed by atoms with E-state index in [4.69, 9.17) is 36.8 Å². The Morgan fingerprint density at radius 2 is 1.91 bits per heavy atom. The third-order valence-corrected chi connectivity index (χ3v) is 1.79. The molecule has 0 spiro atoms. The van der Waals surface area contributed by atoms with Crippen LogP contribution in [0.1, 0.15) is 0 Å². The molecule has 2 radical (unpaired) electrons. The third-order valence-electron chi connectivity index (χ3n) is 0.726. The summed E-state index contributed by atoms with van der Waals surface area (Å²) in [4.78, 5) is 0.000833. The smallest absolute Gasteiger partial charge is 0.133 e. The minimum Gasteiger partial charge on any atom is -0.397 e. The average molecular weight is 415 g/mol. The van der Waals surface area contributed by atoms with Gasteiger partial charge in [-0.1, -0.05) is 23.2 Å². The molecule has 0 aliphatic rings. The van der Waals surface area contributed by atoms with Gasteiger partial charge in [0.05, 0.1) is 56.5 Å². The van der Waals surface area contributed by atoms with Crippen molar-refractivity contribution in [3.63, 3.8) is 0 Å². The van der Waals surface area contributed by atoms with Crippen molar-refractivity contribution < 1.29 is 0 Å². The molecule has 0 aromatic heterocycles. The van der Waals surface area contributed by atoms with Gasteiger partial charge < -0.3 is 5.73 Å². The second-order valence-electron chi connectivity index (χ2n) is 1.50. The first-order valence-corrected chi connectivity index (χ1v) is 5.03. The van der Waals surface area contributed by atoms with Crippen molar-refractivity contribution in [2.75, 3.05) is 0 Å².